The highest BCUT2D eigenvalue weighted by Gasteiger charge is 2.30. The van der Waals surface area contributed by atoms with Crippen LogP contribution in [0.4, 0.5) is 8.78 Å². The zero-order valence-electron chi connectivity index (χ0n) is 14.5. The lowest BCUT2D eigenvalue weighted by atomic mass is 10.1. The van der Waals surface area contributed by atoms with E-state index in [2.05, 4.69) is 0 Å². The minimum Gasteiger partial charge on any atom is -0.372 e. The SMILES string of the molecule is Cc1ccc(S(=O)(=O)N2CCCC(OCc3ccc(F)c(F)c3)C2)cc1. The summed E-state index contributed by atoms with van der Waals surface area (Å²) in [6.07, 6.45) is 1.13. The third-order valence-electron chi connectivity index (χ3n) is 4.47. The van der Waals surface area contributed by atoms with Gasteiger partial charge in [0.2, 0.25) is 10.0 Å². The van der Waals surface area contributed by atoms with Gasteiger partial charge in [-0.2, -0.15) is 4.31 Å². The van der Waals surface area contributed by atoms with Gasteiger partial charge in [0.15, 0.2) is 11.6 Å². The molecule has 1 aliphatic rings. The van der Waals surface area contributed by atoms with Crippen LogP contribution >= 0.6 is 0 Å². The average molecular weight is 381 g/mol. The predicted octanol–water partition coefficient (Wildman–Crippen LogP) is 3.64. The van der Waals surface area contributed by atoms with Gasteiger partial charge in [-0.1, -0.05) is 23.8 Å². The van der Waals surface area contributed by atoms with Crippen molar-refractivity contribution in [1.29, 1.82) is 0 Å². The highest BCUT2D eigenvalue weighted by molar-refractivity contribution is 7.89. The molecular formula is C19H21F2NO3S. The van der Waals surface area contributed by atoms with Crippen LogP contribution in [0.25, 0.3) is 0 Å². The lowest BCUT2D eigenvalue weighted by Crippen LogP contribution is -2.43. The van der Waals surface area contributed by atoms with E-state index in [1.807, 2.05) is 6.92 Å². The highest BCUT2D eigenvalue weighted by atomic mass is 32.2. The van der Waals surface area contributed by atoms with Crippen LogP contribution in [0.3, 0.4) is 0 Å². The Bertz CT molecular complexity index is 869. The Labute approximate surface area is 152 Å². The van der Waals surface area contributed by atoms with Gasteiger partial charge in [-0.25, -0.2) is 17.2 Å². The summed E-state index contributed by atoms with van der Waals surface area (Å²) in [5, 5.41) is 0. The molecule has 0 saturated carbocycles. The van der Waals surface area contributed by atoms with Gasteiger partial charge < -0.3 is 4.74 Å². The topological polar surface area (TPSA) is 46.6 Å². The number of sulfonamides is 1. The third kappa shape index (κ3) is 4.28. The summed E-state index contributed by atoms with van der Waals surface area (Å²) >= 11 is 0. The molecule has 1 heterocycles. The largest absolute Gasteiger partial charge is 0.372 e. The standard InChI is InChI=1S/C19H21F2NO3S/c1-14-4-7-17(8-5-14)26(23,24)22-10-2-3-16(12-22)25-13-15-6-9-18(20)19(21)11-15/h4-9,11,16H,2-3,10,12-13H2,1H3. The molecule has 140 valence electrons. The fourth-order valence-electron chi connectivity index (χ4n) is 2.96. The van der Waals surface area contributed by atoms with Crippen molar-refractivity contribution in [3.63, 3.8) is 0 Å². The van der Waals surface area contributed by atoms with Gasteiger partial charge in [-0.3, -0.25) is 0 Å². The molecule has 1 saturated heterocycles. The van der Waals surface area contributed by atoms with Gasteiger partial charge in [0.25, 0.3) is 0 Å². The number of piperidine rings is 1. The Balaban J connectivity index is 1.65. The smallest absolute Gasteiger partial charge is 0.243 e. The Morgan fingerprint density at radius 3 is 2.54 bits per heavy atom. The Kier molecular flexibility index (Phi) is 5.70. The van der Waals surface area contributed by atoms with Crippen molar-refractivity contribution >= 4 is 10.0 Å². The molecule has 1 unspecified atom stereocenters. The number of aryl methyl sites for hydroxylation is 1. The molecule has 0 aromatic heterocycles. The molecule has 0 bridgehead atoms. The Morgan fingerprint density at radius 2 is 1.85 bits per heavy atom. The number of halogens is 2. The monoisotopic (exact) mass is 381 g/mol. The molecule has 0 amide bonds. The number of hydrogen-bond donors (Lipinski definition) is 0. The zero-order chi connectivity index (χ0) is 18.7. The fraction of sp³-hybridized carbons (Fsp3) is 0.368. The molecule has 4 nitrogen and oxygen atoms in total. The van der Waals surface area contributed by atoms with Crippen LogP contribution in [0, 0.1) is 18.6 Å². The van der Waals surface area contributed by atoms with Gasteiger partial charge in [-0.05, 0) is 49.6 Å². The highest BCUT2D eigenvalue weighted by Crippen LogP contribution is 2.23. The average Bonchev–Trinajstić information content (AvgIpc) is 2.63. The predicted molar refractivity (Wildman–Crippen MR) is 94.1 cm³/mol. The van der Waals surface area contributed by atoms with E-state index in [-0.39, 0.29) is 24.2 Å². The first kappa shape index (κ1) is 18.9. The second-order valence-corrected chi connectivity index (χ2v) is 8.44. The first-order chi connectivity index (χ1) is 12.4. The molecule has 0 radical (unpaired) electrons. The van der Waals surface area contributed by atoms with E-state index in [1.54, 1.807) is 24.3 Å². The van der Waals surface area contributed by atoms with E-state index in [4.69, 9.17) is 4.74 Å². The number of nitrogens with zero attached hydrogens (tertiary/aromatic N) is 1. The van der Waals surface area contributed by atoms with Crippen molar-refractivity contribution in [2.75, 3.05) is 13.1 Å². The first-order valence-corrected chi connectivity index (χ1v) is 9.92. The van der Waals surface area contributed by atoms with Gasteiger partial charge in [0.05, 0.1) is 17.6 Å². The van der Waals surface area contributed by atoms with Crippen LogP contribution < -0.4 is 0 Å². The molecule has 0 N–H and O–H groups in total. The maximum atomic E-state index is 13.3. The van der Waals surface area contributed by atoms with E-state index in [1.165, 1.54) is 10.4 Å². The van der Waals surface area contributed by atoms with E-state index in [0.717, 1.165) is 24.1 Å². The second kappa shape index (κ2) is 7.82. The van der Waals surface area contributed by atoms with Gasteiger partial charge in [-0.15, -0.1) is 0 Å². The quantitative estimate of drug-likeness (QED) is 0.794. The summed E-state index contributed by atoms with van der Waals surface area (Å²) in [5.74, 6) is -1.82. The molecule has 2 aromatic rings. The normalized spacial score (nSPS) is 18.8. The molecule has 1 fully saturated rings. The van der Waals surface area contributed by atoms with E-state index in [9.17, 15) is 17.2 Å². The first-order valence-electron chi connectivity index (χ1n) is 8.48. The summed E-state index contributed by atoms with van der Waals surface area (Å²) in [6.45, 7) is 2.71. The molecule has 2 aromatic carbocycles. The zero-order valence-corrected chi connectivity index (χ0v) is 15.3. The lowest BCUT2D eigenvalue weighted by molar-refractivity contribution is 0.00798. The molecular weight excluding hydrogens is 360 g/mol. The van der Waals surface area contributed by atoms with Crippen molar-refractivity contribution in [2.24, 2.45) is 0 Å². The van der Waals surface area contributed by atoms with Crippen LogP contribution in [0.15, 0.2) is 47.4 Å². The summed E-state index contributed by atoms with van der Waals surface area (Å²) in [4.78, 5) is 0.268. The minimum atomic E-state index is -3.56. The molecule has 0 spiro atoms. The fourth-order valence-corrected chi connectivity index (χ4v) is 4.47. The molecule has 1 atom stereocenters. The van der Waals surface area contributed by atoms with Crippen LogP contribution in [0.2, 0.25) is 0 Å². The van der Waals surface area contributed by atoms with Gasteiger partial charge >= 0.3 is 0 Å². The summed E-state index contributed by atoms with van der Waals surface area (Å²) < 4.78 is 59.0. The maximum Gasteiger partial charge on any atom is 0.243 e. The van der Waals surface area contributed by atoms with Crippen molar-refractivity contribution in [2.45, 2.75) is 37.4 Å². The Morgan fingerprint density at radius 1 is 1.12 bits per heavy atom. The van der Waals surface area contributed by atoms with Gasteiger partial charge in [0, 0.05) is 13.1 Å². The number of hydrogen-bond acceptors (Lipinski definition) is 3. The minimum absolute atomic E-state index is 0.111. The molecule has 1 aliphatic heterocycles. The molecule has 0 aliphatic carbocycles. The van der Waals surface area contributed by atoms with Crippen LogP contribution in [0.1, 0.15) is 24.0 Å². The number of rotatable bonds is 5. The van der Waals surface area contributed by atoms with E-state index < -0.39 is 21.7 Å². The number of benzene rings is 2. The Hall–Kier alpha value is -1.83. The summed E-state index contributed by atoms with van der Waals surface area (Å²) in [5.41, 5.74) is 1.51. The summed E-state index contributed by atoms with van der Waals surface area (Å²) in [6, 6.07) is 10.4. The van der Waals surface area contributed by atoms with Crippen LogP contribution in [-0.4, -0.2) is 31.9 Å². The summed E-state index contributed by atoms with van der Waals surface area (Å²) in [7, 11) is -3.56. The van der Waals surface area contributed by atoms with Crippen molar-refractivity contribution in [3.05, 3.63) is 65.2 Å². The molecule has 3 rings (SSSR count). The van der Waals surface area contributed by atoms with E-state index >= 15 is 0 Å². The third-order valence-corrected chi connectivity index (χ3v) is 6.35. The van der Waals surface area contributed by atoms with Crippen molar-refractivity contribution < 1.29 is 21.9 Å². The van der Waals surface area contributed by atoms with Crippen molar-refractivity contribution in [1.82, 2.24) is 4.31 Å². The van der Waals surface area contributed by atoms with Crippen LogP contribution in [-0.2, 0) is 21.4 Å². The van der Waals surface area contributed by atoms with Crippen LogP contribution in [0.5, 0.6) is 0 Å². The van der Waals surface area contributed by atoms with E-state index in [0.29, 0.717) is 18.5 Å². The second-order valence-electron chi connectivity index (χ2n) is 6.50. The molecule has 26 heavy (non-hydrogen) atoms. The number of ether oxygens (including phenoxy) is 1. The lowest BCUT2D eigenvalue weighted by Gasteiger charge is -2.32. The van der Waals surface area contributed by atoms with Crippen molar-refractivity contribution in [3.8, 4) is 0 Å². The van der Waals surface area contributed by atoms with Gasteiger partial charge in [0.1, 0.15) is 0 Å². The maximum absolute atomic E-state index is 13.3. The molecule has 7 heteroatoms.